The SMILES string of the molecule is O=C(OCc1ccccc1)N1CCCC[C@@H]1c1ccc(S(F)(F)(F)(F)F)cc1. The minimum absolute atomic E-state index is 0.0754. The van der Waals surface area contributed by atoms with E-state index < -0.39 is 27.3 Å². The van der Waals surface area contributed by atoms with Gasteiger partial charge in [-0.3, -0.25) is 0 Å². The fourth-order valence-electron chi connectivity index (χ4n) is 3.25. The van der Waals surface area contributed by atoms with Crippen molar-refractivity contribution in [3.05, 3.63) is 65.7 Å². The summed E-state index contributed by atoms with van der Waals surface area (Å²) in [6.07, 6.45) is 1.46. The van der Waals surface area contributed by atoms with Crippen molar-refractivity contribution in [3.8, 4) is 0 Å². The number of hydrogen-bond acceptors (Lipinski definition) is 2. The van der Waals surface area contributed by atoms with Crippen molar-refractivity contribution in [3.63, 3.8) is 0 Å². The van der Waals surface area contributed by atoms with Crippen molar-refractivity contribution in [1.82, 2.24) is 4.90 Å². The highest BCUT2D eigenvalue weighted by molar-refractivity contribution is 8.45. The molecule has 28 heavy (non-hydrogen) atoms. The van der Waals surface area contributed by atoms with Gasteiger partial charge in [-0.1, -0.05) is 61.9 Å². The van der Waals surface area contributed by atoms with E-state index in [2.05, 4.69) is 0 Å². The molecule has 2 aromatic rings. The normalized spacial score (nSPS) is 20.2. The Kier molecular flexibility index (Phi) is 4.85. The second kappa shape index (κ2) is 6.65. The van der Waals surface area contributed by atoms with Gasteiger partial charge in [-0.05, 0) is 42.5 Å². The molecule has 0 aliphatic carbocycles. The lowest BCUT2D eigenvalue weighted by atomic mass is 9.96. The molecule has 3 nitrogen and oxygen atoms in total. The molecule has 2 aromatic carbocycles. The summed E-state index contributed by atoms with van der Waals surface area (Å²) in [7, 11) is -9.71. The van der Waals surface area contributed by atoms with E-state index in [0.29, 0.717) is 30.7 Å². The summed E-state index contributed by atoms with van der Waals surface area (Å²) in [5.41, 5.74) is 1.19. The van der Waals surface area contributed by atoms with E-state index >= 15 is 0 Å². The molecule has 0 saturated carbocycles. The number of likely N-dealkylation sites (tertiary alicyclic amines) is 1. The lowest BCUT2D eigenvalue weighted by Crippen LogP contribution is -2.38. The molecular formula is C19H20F5NO2S. The first-order valence-corrected chi connectivity index (χ1v) is 10.7. The molecule has 0 aromatic heterocycles. The molecule has 0 N–H and O–H groups in total. The number of benzene rings is 2. The van der Waals surface area contributed by atoms with E-state index in [0.717, 1.165) is 30.5 Å². The molecular weight excluding hydrogens is 401 g/mol. The van der Waals surface area contributed by atoms with Gasteiger partial charge in [0.2, 0.25) is 0 Å². The van der Waals surface area contributed by atoms with E-state index in [9.17, 15) is 24.2 Å². The highest BCUT2D eigenvalue weighted by Gasteiger charge is 2.65. The van der Waals surface area contributed by atoms with Crippen LogP contribution in [0.5, 0.6) is 0 Å². The van der Waals surface area contributed by atoms with Gasteiger partial charge in [-0.15, -0.1) is 0 Å². The summed E-state index contributed by atoms with van der Waals surface area (Å²) in [5, 5.41) is 0. The molecule has 154 valence electrons. The first kappa shape index (κ1) is 20.4. The van der Waals surface area contributed by atoms with Crippen LogP contribution < -0.4 is 0 Å². The second-order valence-corrected chi connectivity index (χ2v) is 9.19. The Bertz CT molecular complexity index is 841. The largest absolute Gasteiger partial charge is 0.445 e. The topological polar surface area (TPSA) is 29.5 Å². The first-order chi connectivity index (χ1) is 12.9. The van der Waals surface area contributed by atoms with Crippen LogP contribution in [0, 0.1) is 0 Å². The molecule has 0 radical (unpaired) electrons. The zero-order valence-electron chi connectivity index (χ0n) is 14.9. The third-order valence-corrected chi connectivity index (χ3v) is 5.82. The average molecular weight is 421 g/mol. The molecule has 1 saturated heterocycles. The number of hydrogen-bond donors (Lipinski definition) is 0. The van der Waals surface area contributed by atoms with E-state index in [1.165, 1.54) is 4.90 Å². The number of carbonyl (C=O) groups is 1. The van der Waals surface area contributed by atoms with Gasteiger partial charge in [0.25, 0.3) is 0 Å². The standard InChI is InChI=1S/C19H20F5NO2S/c20-28(21,22,23,24)17-11-9-16(10-12-17)18-8-4-5-13-25(18)19(26)27-14-15-6-2-1-3-7-15/h1-3,6-7,9-12,18H,4-5,8,13-14H2/t18-/m1/s1. The van der Waals surface area contributed by atoms with Gasteiger partial charge >= 0.3 is 16.3 Å². The molecule has 0 bridgehead atoms. The van der Waals surface area contributed by atoms with E-state index in [-0.39, 0.29) is 6.61 Å². The monoisotopic (exact) mass is 421 g/mol. The third-order valence-electron chi connectivity index (χ3n) is 4.65. The first-order valence-electron chi connectivity index (χ1n) is 8.75. The van der Waals surface area contributed by atoms with Crippen LogP contribution in [0.1, 0.15) is 36.4 Å². The van der Waals surface area contributed by atoms with Crippen LogP contribution in [0.15, 0.2) is 59.5 Å². The fourth-order valence-corrected chi connectivity index (χ4v) is 3.90. The van der Waals surface area contributed by atoms with Gasteiger partial charge < -0.3 is 9.64 Å². The van der Waals surface area contributed by atoms with Gasteiger partial charge in [0, 0.05) is 6.54 Å². The Morgan fingerprint density at radius 3 is 2.21 bits per heavy atom. The average Bonchev–Trinajstić information content (AvgIpc) is 2.65. The van der Waals surface area contributed by atoms with Gasteiger partial charge in [-0.25, -0.2) is 4.79 Å². The maximum absolute atomic E-state index is 12.9. The van der Waals surface area contributed by atoms with Crippen molar-refractivity contribution >= 4 is 16.3 Å². The number of piperidine rings is 1. The minimum Gasteiger partial charge on any atom is -0.445 e. The highest BCUT2D eigenvalue weighted by atomic mass is 32.5. The van der Waals surface area contributed by atoms with Crippen molar-refractivity contribution < 1.29 is 29.0 Å². The van der Waals surface area contributed by atoms with E-state index in [1.54, 1.807) is 12.1 Å². The van der Waals surface area contributed by atoms with E-state index in [4.69, 9.17) is 4.74 Å². The van der Waals surface area contributed by atoms with Crippen LogP contribution in [0.2, 0.25) is 0 Å². The number of amides is 1. The van der Waals surface area contributed by atoms with Crippen LogP contribution in [0.3, 0.4) is 0 Å². The lowest BCUT2D eigenvalue weighted by molar-refractivity contribution is 0.0678. The molecule has 1 atom stereocenters. The molecule has 1 fully saturated rings. The zero-order valence-corrected chi connectivity index (χ0v) is 15.7. The van der Waals surface area contributed by atoms with Gasteiger partial charge in [0.1, 0.15) is 11.5 Å². The number of nitrogens with zero attached hydrogens (tertiary/aromatic N) is 1. The molecule has 0 unspecified atom stereocenters. The van der Waals surface area contributed by atoms with Crippen LogP contribution in [0.4, 0.5) is 24.2 Å². The zero-order chi connectivity index (χ0) is 20.5. The summed E-state index contributed by atoms with van der Waals surface area (Å²) in [5.74, 6) is 0. The number of halogens is 5. The van der Waals surface area contributed by atoms with Gasteiger partial charge in [0.05, 0.1) is 6.04 Å². The second-order valence-electron chi connectivity index (χ2n) is 6.78. The van der Waals surface area contributed by atoms with Crippen LogP contribution >= 0.6 is 10.2 Å². The van der Waals surface area contributed by atoms with E-state index in [1.807, 2.05) is 18.2 Å². The predicted octanol–water partition coefficient (Wildman–Crippen LogP) is 7.21. The molecule has 1 aliphatic heterocycles. The molecule has 9 heteroatoms. The quantitative estimate of drug-likeness (QED) is 0.488. The van der Waals surface area contributed by atoms with Crippen molar-refractivity contribution in [2.75, 3.05) is 6.54 Å². The predicted molar refractivity (Wildman–Crippen MR) is 97.8 cm³/mol. The lowest BCUT2D eigenvalue weighted by Gasteiger charge is -2.41. The molecule has 1 aliphatic rings. The minimum atomic E-state index is -9.71. The van der Waals surface area contributed by atoms with Gasteiger partial charge in [0.15, 0.2) is 0 Å². The van der Waals surface area contributed by atoms with Crippen LogP contribution in [-0.2, 0) is 11.3 Å². The van der Waals surface area contributed by atoms with Crippen molar-refractivity contribution in [1.29, 1.82) is 0 Å². The van der Waals surface area contributed by atoms with Gasteiger partial charge in [-0.2, -0.15) is 0 Å². The third kappa shape index (κ3) is 4.95. The molecule has 1 heterocycles. The number of ether oxygens (including phenoxy) is 1. The summed E-state index contributed by atoms with van der Waals surface area (Å²) < 4.78 is 69.8. The Hall–Kier alpha value is -2.29. The summed E-state index contributed by atoms with van der Waals surface area (Å²) in [4.78, 5) is 12.0. The smallest absolute Gasteiger partial charge is 0.410 e. The van der Waals surface area contributed by atoms with Crippen molar-refractivity contribution in [2.24, 2.45) is 0 Å². The Balaban J connectivity index is 1.75. The molecule has 1 amide bonds. The summed E-state index contributed by atoms with van der Waals surface area (Å²) >= 11 is 0. The Labute approximate surface area is 159 Å². The number of carbonyl (C=O) groups excluding carboxylic acids is 1. The van der Waals surface area contributed by atoms with Crippen molar-refractivity contribution in [2.45, 2.75) is 36.8 Å². The fraction of sp³-hybridized carbons (Fsp3) is 0.316. The summed E-state index contributed by atoms with van der Waals surface area (Å²) in [6, 6.07) is 11.4. The Morgan fingerprint density at radius 2 is 1.61 bits per heavy atom. The molecule has 0 spiro atoms. The van der Waals surface area contributed by atoms with Crippen LogP contribution in [0.25, 0.3) is 0 Å². The maximum atomic E-state index is 12.9. The number of rotatable bonds is 4. The molecule has 3 rings (SSSR count). The summed E-state index contributed by atoms with van der Waals surface area (Å²) in [6.45, 7) is 0.466. The highest BCUT2D eigenvalue weighted by Crippen LogP contribution is 3.02. The Morgan fingerprint density at radius 1 is 0.964 bits per heavy atom. The van der Waals surface area contributed by atoms with Crippen LogP contribution in [-0.4, -0.2) is 17.5 Å². The maximum Gasteiger partial charge on any atom is 0.410 e.